The van der Waals surface area contributed by atoms with E-state index in [1.807, 2.05) is 23.1 Å². The van der Waals surface area contributed by atoms with Crippen LogP contribution in [-0.4, -0.2) is 11.3 Å². The molecule has 8 aromatic carbocycles. The van der Waals surface area contributed by atoms with Gasteiger partial charge in [0.25, 0.3) is 0 Å². The first-order valence-corrected chi connectivity index (χ1v) is 23.4. The van der Waals surface area contributed by atoms with E-state index in [2.05, 4.69) is 214 Å². The molecule has 10 aromatic rings. The topological polar surface area (TPSA) is 8.17 Å². The van der Waals surface area contributed by atoms with Crippen molar-refractivity contribution in [2.24, 2.45) is 0 Å². The molecule has 0 spiro atoms. The minimum Gasteiger partial charge on any atom is -0.367 e. The fraction of sp³-hybridized carbons (Fsp3) is 0.123. The lowest BCUT2D eigenvalue weighted by atomic mass is 9.45. The third kappa shape index (κ3) is 5.01. The average molecular weight is 831 g/mol. The van der Waals surface area contributed by atoms with Crippen molar-refractivity contribution in [2.45, 2.75) is 55.2 Å². The molecule has 62 heavy (non-hydrogen) atoms. The zero-order valence-corrected chi connectivity index (χ0v) is 37.1. The Bertz CT molecular complexity index is 3520. The molecule has 296 valence electrons. The smallest absolute Gasteiger partial charge is 0.333 e. The second-order valence-electron chi connectivity index (χ2n) is 18.9. The Morgan fingerprint density at radius 1 is 0.532 bits per heavy atom. The molecule has 0 bridgehead atoms. The van der Waals surface area contributed by atoms with Crippen LogP contribution in [0.2, 0.25) is 0 Å². The van der Waals surface area contributed by atoms with E-state index in [0.29, 0.717) is 0 Å². The van der Waals surface area contributed by atoms with Crippen LogP contribution in [-0.2, 0) is 10.8 Å². The highest BCUT2D eigenvalue weighted by Crippen LogP contribution is 2.54. The predicted molar refractivity (Wildman–Crippen MR) is 268 cm³/mol. The van der Waals surface area contributed by atoms with Crippen molar-refractivity contribution in [3.05, 3.63) is 187 Å². The van der Waals surface area contributed by atoms with E-state index in [1.54, 1.807) is 0 Å². The summed E-state index contributed by atoms with van der Waals surface area (Å²) in [5.41, 5.74) is 19.1. The molecular weight excluding hydrogens is 788 g/mol. The number of rotatable bonds is 3. The van der Waals surface area contributed by atoms with Gasteiger partial charge in [0.05, 0.1) is 10.5 Å². The second kappa shape index (κ2) is 12.9. The van der Waals surface area contributed by atoms with Gasteiger partial charge in [0.2, 0.25) is 0 Å². The Labute approximate surface area is 371 Å². The van der Waals surface area contributed by atoms with Crippen LogP contribution in [0, 0.1) is 0 Å². The van der Waals surface area contributed by atoms with Gasteiger partial charge >= 0.3 is 6.85 Å². The molecule has 2 aromatic heterocycles. The van der Waals surface area contributed by atoms with Crippen molar-refractivity contribution in [1.29, 1.82) is 0 Å². The van der Waals surface area contributed by atoms with Gasteiger partial charge in [-0.3, -0.25) is 0 Å². The minimum absolute atomic E-state index is 0.0216. The van der Waals surface area contributed by atoms with Crippen LogP contribution in [0.25, 0.3) is 64.6 Å². The standard InChI is InChI=1S/C57H43BN2S2/c1-56(2,3)37-27-28-46(41(31-37)35-19-10-7-11-20-35)59-47-32-44-51(61-50-26-15-13-24-43(50)57(44,4)5)33-45(47)58-53-42(29-36(30-48(53)59)34-17-8-6-9-18-34)38-22-16-23-40-52-39-21-12-14-25-49(39)62-55(52)60(58)54(38)40/h6-33H,1-5H3. The van der Waals surface area contributed by atoms with E-state index in [9.17, 15) is 0 Å². The Balaban J connectivity index is 1.21. The molecule has 2 nitrogen and oxygen atoms in total. The monoisotopic (exact) mass is 830 g/mol. The molecule has 0 saturated heterocycles. The van der Waals surface area contributed by atoms with Crippen LogP contribution < -0.4 is 15.8 Å². The van der Waals surface area contributed by atoms with Crippen LogP contribution in [0.5, 0.6) is 0 Å². The fourth-order valence-corrected chi connectivity index (χ4v) is 13.6. The number of nitrogens with zero attached hydrogens (tertiary/aromatic N) is 2. The first kappa shape index (κ1) is 36.4. The Kier molecular flexibility index (Phi) is 7.57. The van der Waals surface area contributed by atoms with Gasteiger partial charge in [0, 0.05) is 64.1 Å². The van der Waals surface area contributed by atoms with Crippen LogP contribution in [0.1, 0.15) is 51.3 Å². The molecule has 5 heterocycles. The number of hydrogen-bond donors (Lipinski definition) is 0. The Morgan fingerprint density at radius 3 is 2.06 bits per heavy atom. The predicted octanol–water partition coefficient (Wildman–Crippen LogP) is 14.8. The first-order chi connectivity index (χ1) is 30.1. The van der Waals surface area contributed by atoms with Gasteiger partial charge in [0.1, 0.15) is 0 Å². The van der Waals surface area contributed by atoms with Crippen LogP contribution >= 0.6 is 23.1 Å². The summed E-state index contributed by atoms with van der Waals surface area (Å²) in [6.07, 6.45) is 0. The van der Waals surface area contributed by atoms with E-state index in [-0.39, 0.29) is 17.7 Å². The highest BCUT2D eigenvalue weighted by Gasteiger charge is 2.46. The molecule has 0 saturated carbocycles. The van der Waals surface area contributed by atoms with Gasteiger partial charge in [-0.1, -0.05) is 168 Å². The lowest BCUT2D eigenvalue weighted by molar-refractivity contribution is 0.590. The number of fused-ring (bicyclic) bond motifs is 11. The van der Waals surface area contributed by atoms with Crippen molar-refractivity contribution in [3.8, 4) is 33.4 Å². The first-order valence-electron chi connectivity index (χ1n) is 21.8. The third-order valence-electron chi connectivity index (χ3n) is 14.0. The van der Waals surface area contributed by atoms with Gasteiger partial charge in [-0.05, 0) is 104 Å². The van der Waals surface area contributed by atoms with E-state index >= 15 is 0 Å². The number of thiophene rings is 1. The second-order valence-corrected chi connectivity index (χ2v) is 21.0. The maximum atomic E-state index is 2.74. The van der Waals surface area contributed by atoms with Crippen LogP contribution in [0.15, 0.2) is 180 Å². The molecule has 0 N–H and O–H groups in total. The largest absolute Gasteiger partial charge is 0.367 e. The fourth-order valence-electron chi connectivity index (χ4n) is 10.9. The Morgan fingerprint density at radius 2 is 1.26 bits per heavy atom. The van der Waals surface area contributed by atoms with Gasteiger partial charge in [0.15, 0.2) is 0 Å². The number of para-hydroxylation sites is 1. The van der Waals surface area contributed by atoms with Gasteiger partial charge in [-0.25, -0.2) is 0 Å². The van der Waals surface area contributed by atoms with Gasteiger partial charge in [-0.2, -0.15) is 0 Å². The third-order valence-corrected chi connectivity index (χ3v) is 16.3. The molecule has 0 unspecified atom stereocenters. The summed E-state index contributed by atoms with van der Waals surface area (Å²) >= 11 is 3.88. The lowest BCUT2D eigenvalue weighted by Crippen LogP contribution is -2.57. The maximum absolute atomic E-state index is 2.74. The van der Waals surface area contributed by atoms with E-state index in [1.165, 1.54) is 119 Å². The highest BCUT2D eigenvalue weighted by molar-refractivity contribution is 7.99. The van der Waals surface area contributed by atoms with Crippen molar-refractivity contribution < 1.29 is 0 Å². The average Bonchev–Trinajstić information content (AvgIpc) is 3.83. The summed E-state index contributed by atoms with van der Waals surface area (Å²) in [4.78, 5) is 6.70. The summed E-state index contributed by atoms with van der Waals surface area (Å²) in [5.74, 6) is 0. The molecule has 0 fully saturated rings. The quantitative estimate of drug-likeness (QED) is 0.164. The molecule has 5 heteroatoms. The molecular formula is C57H43BN2S2. The summed E-state index contributed by atoms with van der Waals surface area (Å²) in [5, 5.41) is 4.05. The molecule has 3 aliphatic heterocycles. The molecule has 0 radical (unpaired) electrons. The molecule has 0 amide bonds. The number of hydrogen-bond acceptors (Lipinski definition) is 3. The SMILES string of the molecule is CC(C)(C)c1ccc(N2c3cc4c(cc3B3c5c(cc(-c6ccccc6)cc52)-c2cccc5c6c7ccccc7sc6n3c25)Sc2ccccc2C4(C)C)c(-c2ccccc2)c1. The Hall–Kier alpha value is -6.27. The zero-order valence-electron chi connectivity index (χ0n) is 35.5. The molecule has 0 atom stereocenters. The minimum atomic E-state index is -0.202. The van der Waals surface area contributed by atoms with Crippen molar-refractivity contribution >= 4 is 89.1 Å². The zero-order chi connectivity index (χ0) is 41.6. The maximum Gasteiger partial charge on any atom is 0.333 e. The number of aromatic nitrogens is 1. The van der Waals surface area contributed by atoms with Gasteiger partial charge in [-0.15, -0.1) is 11.3 Å². The van der Waals surface area contributed by atoms with E-state index < -0.39 is 0 Å². The molecule has 0 aliphatic carbocycles. The van der Waals surface area contributed by atoms with Crippen molar-refractivity contribution in [2.75, 3.05) is 4.90 Å². The number of benzene rings is 8. The summed E-state index contributed by atoms with van der Waals surface area (Å²) in [6, 6.07) is 64.6. The van der Waals surface area contributed by atoms with E-state index in [4.69, 9.17) is 0 Å². The number of anilines is 3. The molecule has 3 aliphatic rings. The highest BCUT2D eigenvalue weighted by atomic mass is 32.2. The lowest BCUT2D eigenvalue weighted by Gasteiger charge is -2.43. The van der Waals surface area contributed by atoms with Gasteiger partial charge < -0.3 is 9.38 Å². The summed E-state index contributed by atoms with van der Waals surface area (Å²) in [6.45, 7) is 11.8. The summed E-state index contributed by atoms with van der Waals surface area (Å²) < 4.78 is 4.08. The van der Waals surface area contributed by atoms with E-state index in [0.717, 1.165) is 0 Å². The van der Waals surface area contributed by atoms with Crippen molar-refractivity contribution in [1.82, 2.24) is 4.48 Å². The summed E-state index contributed by atoms with van der Waals surface area (Å²) in [7, 11) is 0. The van der Waals surface area contributed by atoms with Crippen molar-refractivity contribution in [3.63, 3.8) is 0 Å². The normalized spacial score (nSPS) is 14.5. The van der Waals surface area contributed by atoms with Crippen LogP contribution in [0.3, 0.4) is 0 Å². The molecule has 13 rings (SSSR count). The van der Waals surface area contributed by atoms with Crippen LogP contribution in [0.4, 0.5) is 17.1 Å².